The quantitative estimate of drug-likeness (QED) is 0.694. The molecule has 0 saturated heterocycles. The van der Waals surface area contributed by atoms with E-state index >= 15 is 0 Å². The summed E-state index contributed by atoms with van der Waals surface area (Å²) >= 11 is 0. The minimum atomic E-state index is -0.0590. The maximum Gasteiger partial charge on any atom is 0.0534 e. The molecule has 2 rings (SSSR count). The Hall–Kier alpha value is -1.06. The normalized spacial score (nSPS) is 10.9. The van der Waals surface area contributed by atoms with Crippen LogP contribution in [0.15, 0.2) is 24.4 Å². The van der Waals surface area contributed by atoms with Crippen molar-refractivity contribution in [2.75, 3.05) is 0 Å². The first-order valence-electron chi connectivity index (χ1n) is 4.84. The third-order valence-corrected chi connectivity index (χ3v) is 1.98. The van der Waals surface area contributed by atoms with Crippen molar-refractivity contribution < 1.29 is 20.1 Å². The molecule has 0 aliphatic heterocycles. The van der Waals surface area contributed by atoms with Crippen LogP contribution in [0.3, 0.4) is 0 Å². The summed E-state index contributed by atoms with van der Waals surface area (Å²) in [5.74, 6) is 1.51. The van der Waals surface area contributed by atoms with Crippen LogP contribution in [0.1, 0.15) is 26.6 Å². The van der Waals surface area contributed by atoms with Crippen LogP contribution < -0.4 is 0 Å². The Balaban J connectivity index is 0.00000128. The van der Waals surface area contributed by atoms with Gasteiger partial charge in [-0.3, -0.25) is 0 Å². The first kappa shape index (κ1) is 13.0. The van der Waals surface area contributed by atoms with Crippen molar-refractivity contribution >= 4 is 0 Å². The number of hydrogen-bond acceptors (Lipinski definition) is 3. The van der Waals surface area contributed by atoms with Gasteiger partial charge in [-0.25, -0.2) is 5.10 Å². The molecule has 16 heavy (non-hydrogen) atoms. The SMILES string of the molecule is CC(C)(C)c1n[c-]n(-c2ccccn2)n1.[Ir]. The van der Waals surface area contributed by atoms with Gasteiger partial charge < -0.3 is 14.6 Å². The van der Waals surface area contributed by atoms with Crippen molar-refractivity contribution in [3.05, 3.63) is 36.5 Å². The summed E-state index contributed by atoms with van der Waals surface area (Å²) in [5, 5.41) is 4.34. The fraction of sp³-hybridized carbons (Fsp3) is 0.364. The number of nitrogens with zero attached hydrogens (tertiary/aromatic N) is 4. The zero-order chi connectivity index (χ0) is 10.9. The molecule has 0 saturated carbocycles. The molecule has 0 bridgehead atoms. The van der Waals surface area contributed by atoms with E-state index in [0.29, 0.717) is 0 Å². The summed E-state index contributed by atoms with van der Waals surface area (Å²) in [6.45, 7) is 6.21. The number of rotatable bonds is 1. The molecule has 1 radical (unpaired) electrons. The molecule has 0 N–H and O–H groups in total. The van der Waals surface area contributed by atoms with Crippen LogP contribution >= 0.6 is 0 Å². The van der Waals surface area contributed by atoms with E-state index in [2.05, 4.69) is 42.2 Å². The van der Waals surface area contributed by atoms with Crippen molar-refractivity contribution in [3.63, 3.8) is 0 Å². The summed E-state index contributed by atoms with van der Waals surface area (Å²) < 4.78 is 1.57. The van der Waals surface area contributed by atoms with Gasteiger partial charge in [-0.15, -0.1) is 0 Å². The van der Waals surface area contributed by atoms with E-state index in [4.69, 9.17) is 0 Å². The zero-order valence-electron chi connectivity index (χ0n) is 9.43. The maximum atomic E-state index is 4.34. The Bertz CT molecular complexity index is 445. The second-order valence-corrected chi connectivity index (χ2v) is 4.39. The van der Waals surface area contributed by atoms with Gasteiger partial charge in [0.2, 0.25) is 0 Å². The third-order valence-electron chi connectivity index (χ3n) is 1.98. The van der Waals surface area contributed by atoms with Gasteiger partial charge in [0.25, 0.3) is 0 Å². The second kappa shape index (κ2) is 4.85. The number of aromatic nitrogens is 4. The van der Waals surface area contributed by atoms with Gasteiger partial charge in [-0.2, -0.15) is 0 Å². The molecule has 4 nitrogen and oxygen atoms in total. The van der Waals surface area contributed by atoms with E-state index in [0.717, 1.165) is 11.6 Å². The van der Waals surface area contributed by atoms with Gasteiger partial charge in [0, 0.05) is 32.6 Å². The van der Waals surface area contributed by atoms with Gasteiger partial charge in [-0.1, -0.05) is 32.9 Å². The largest absolute Gasteiger partial charge is 0.349 e. The molecular weight excluding hydrogens is 380 g/mol. The Kier molecular flexibility index (Phi) is 3.94. The van der Waals surface area contributed by atoms with Gasteiger partial charge in [0.15, 0.2) is 0 Å². The predicted molar refractivity (Wildman–Crippen MR) is 56.7 cm³/mol. The molecule has 2 aromatic heterocycles. The molecule has 87 valence electrons. The molecular formula is C11H13IrN4-. The molecule has 0 amide bonds. The Morgan fingerprint density at radius 1 is 1.25 bits per heavy atom. The molecule has 0 aliphatic carbocycles. The molecule has 0 fully saturated rings. The molecule has 0 aliphatic rings. The Morgan fingerprint density at radius 2 is 2.00 bits per heavy atom. The first-order valence-corrected chi connectivity index (χ1v) is 4.84. The molecule has 5 heteroatoms. The van der Waals surface area contributed by atoms with Crippen LogP contribution in [0.5, 0.6) is 0 Å². The molecule has 0 spiro atoms. The smallest absolute Gasteiger partial charge is 0.0534 e. The van der Waals surface area contributed by atoms with E-state index in [-0.39, 0.29) is 25.5 Å². The molecule has 2 aromatic rings. The van der Waals surface area contributed by atoms with Crippen LogP contribution in [0.25, 0.3) is 5.82 Å². The summed E-state index contributed by atoms with van der Waals surface area (Å²) in [6.07, 6.45) is 4.55. The van der Waals surface area contributed by atoms with Crippen molar-refractivity contribution in [1.82, 2.24) is 19.7 Å². The number of hydrogen-bond donors (Lipinski definition) is 0. The topological polar surface area (TPSA) is 43.6 Å². The van der Waals surface area contributed by atoms with Crippen LogP contribution in [0.2, 0.25) is 0 Å². The third kappa shape index (κ3) is 2.74. The first-order chi connectivity index (χ1) is 7.07. The second-order valence-electron chi connectivity index (χ2n) is 4.39. The van der Waals surface area contributed by atoms with Crippen molar-refractivity contribution in [2.45, 2.75) is 26.2 Å². The van der Waals surface area contributed by atoms with E-state index in [1.165, 1.54) is 0 Å². The van der Waals surface area contributed by atoms with E-state index in [9.17, 15) is 0 Å². The van der Waals surface area contributed by atoms with Crippen molar-refractivity contribution in [1.29, 1.82) is 0 Å². The van der Waals surface area contributed by atoms with E-state index in [1.807, 2.05) is 18.2 Å². The van der Waals surface area contributed by atoms with Crippen LogP contribution in [0, 0.1) is 6.33 Å². The summed E-state index contributed by atoms with van der Waals surface area (Å²) in [5.41, 5.74) is -0.0590. The summed E-state index contributed by atoms with van der Waals surface area (Å²) in [7, 11) is 0. The van der Waals surface area contributed by atoms with Crippen molar-refractivity contribution in [2.24, 2.45) is 0 Å². The van der Waals surface area contributed by atoms with Gasteiger partial charge >= 0.3 is 0 Å². The van der Waals surface area contributed by atoms with Crippen molar-refractivity contribution in [3.8, 4) is 5.82 Å². The predicted octanol–water partition coefficient (Wildman–Crippen LogP) is 1.76. The van der Waals surface area contributed by atoms with Crippen LogP contribution in [-0.2, 0) is 25.5 Å². The fourth-order valence-corrected chi connectivity index (χ4v) is 1.13. The molecule has 0 unspecified atom stereocenters. The average Bonchev–Trinajstić information content (AvgIpc) is 2.67. The fourth-order valence-electron chi connectivity index (χ4n) is 1.13. The maximum absolute atomic E-state index is 4.34. The standard InChI is InChI=1S/C11H13N4.Ir/c1-11(2,3)10-13-8-15(14-10)9-6-4-5-7-12-9;/h4-7H,1-3H3;/q-1;. The zero-order valence-corrected chi connectivity index (χ0v) is 11.8. The minimum absolute atomic E-state index is 0. The van der Waals surface area contributed by atoms with Crippen LogP contribution in [0.4, 0.5) is 0 Å². The summed E-state index contributed by atoms with van der Waals surface area (Å²) in [6, 6.07) is 5.65. The van der Waals surface area contributed by atoms with E-state index < -0.39 is 0 Å². The Labute approximate surface area is 108 Å². The van der Waals surface area contributed by atoms with Gasteiger partial charge in [0.1, 0.15) is 0 Å². The van der Waals surface area contributed by atoms with E-state index in [1.54, 1.807) is 10.9 Å². The molecule has 0 aromatic carbocycles. The van der Waals surface area contributed by atoms with Gasteiger partial charge in [0.05, 0.1) is 11.6 Å². The van der Waals surface area contributed by atoms with Gasteiger partial charge in [-0.05, 0) is 11.5 Å². The minimum Gasteiger partial charge on any atom is -0.349 e. The monoisotopic (exact) mass is 394 g/mol. The van der Waals surface area contributed by atoms with Crippen LogP contribution in [-0.4, -0.2) is 19.7 Å². The Morgan fingerprint density at radius 3 is 2.50 bits per heavy atom. The summed E-state index contributed by atoms with van der Waals surface area (Å²) in [4.78, 5) is 8.32. The molecule has 0 atom stereocenters. The molecule has 2 heterocycles. The average molecular weight is 393 g/mol. The number of pyridine rings is 1.